The van der Waals surface area contributed by atoms with Crippen LogP contribution < -0.4 is 0 Å². The topological polar surface area (TPSA) is 237 Å². The minimum absolute atomic E-state index is 0.0841. The van der Waals surface area contributed by atoms with E-state index in [0.717, 1.165) is 121 Å². The maximum absolute atomic E-state index is 13.1. The molecule has 96 heavy (non-hydrogen) atoms. The van der Waals surface area contributed by atoms with Crippen LogP contribution in [0.5, 0.6) is 0 Å². The maximum atomic E-state index is 13.1. The van der Waals surface area contributed by atoms with Crippen molar-refractivity contribution in [3.05, 3.63) is 24.3 Å². The number of unbranched alkanes of at least 4 members (excludes halogenated alkanes) is 40. The molecule has 19 heteroatoms. The zero-order valence-electron chi connectivity index (χ0n) is 62.2. The van der Waals surface area contributed by atoms with Crippen molar-refractivity contribution in [2.24, 2.45) is 11.8 Å². The Hall–Kier alpha value is -2.46. The summed E-state index contributed by atoms with van der Waals surface area (Å²) in [6, 6.07) is 0. The summed E-state index contributed by atoms with van der Waals surface area (Å²) in [4.78, 5) is 72.5. The minimum Gasteiger partial charge on any atom is -0.462 e. The first-order valence-corrected chi connectivity index (χ1v) is 42.3. The Morgan fingerprint density at radius 2 is 0.615 bits per heavy atom. The van der Waals surface area contributed by atoms with Gasteiger partial charge in [0, 0.05) is 25.7 Å². The molecule has 17 nitrogen and oxygen atoms in total. The summed E-state index contributed by atoms with van der Waals surface area (Å²) in [5.74, 6) is -0.506. The summed E-state index contributed by atoms with van der Waals surface area (Å²) >= 11 is 0. The van der Waals surface area contributed by atoms with Gasteiger partial charge in [0.2, 0.25) is 0 Å². The van der Waals surface area contributed by atoms with Gasteiger partial charge in [-0.25, -0.2) is 9.13 Å². The highest BCUT2D eigenvalue weighted by Crippen LogP contribution is 2.45. The van der Waals surface area contributed by atoms with Gasteiger partial charge in [0.1, 0.15) is 19.3 Å². The Labute approximate surface area is 586 Å². The standard InChI is InChI=1S/C77H146O17P2/c1-7-10-12-14-15-16-17-18-20-28-33-38-43-49-55-61-76(81)93-72(65-87-74(79)59-53-45-13-11-8-2)67-91-95(83,84)89-63-71(78)64-90-96(85,86)92-68-73(94-77(82)62-56-50-44-39-34-29-22-19-21-25-30-35-40-46-51-57-69(4)5)66-88-75(80)60-54-48-42-37-32-27-24-23-26-31-36-41-47-52-58-70(6)9-3/h16-18,20,69-73,78H,7-15,19,21-68H2,1-6H3,(H,83,84)(H,85,86)/b17-16-,20-18-/t70?,71-,72+,73+/m0/s1. The summed E-state index contributed by atoms with van der Waals surface area (Å²) in [5.41, 5.74) is 0. The van der Waals surface area contributed by atoms with Crippen LogP contribution in [-0.2, 0) is 65.4 Å². The van der Waals surface area contributed by atoms with Gasteiger partial charge in [0.25, 0.3) is 0 Å². The van der Waals surface area contributed by atoms with E-state index < -0.39 is 97.5 Å². The normalized spacial score (nSPS) is 14.4. The second kappa shape index (κ2) is 68.3. The molecular formula is C77H146O17P2. The molecule has 6 atom stereocenters. The Kier molecular flexibility index (Phi) is 66.6. The van der Waals surface area contributed by atoms with Gasteiger partial charge >= 0.3 is 39.5 Å². The minimum atomic E-state index is -4.96. The molecule has 0 rings (SSSR count). The number of hydrogen-bond acceptors (Lipinski definition) is 15. The highest BCUT2D eigenvalue weighted by Gasteiger charge is 2.30. The molecule has 0 aromatic heterocycles. The van der Waals surface area contributed by atoms with E-state index in [1.165, 1.54) is 173 Å². The van der Waals surface area contributed by atoms with E-state index in [-0.39, 0.29) is 25.7 Å². The number of phosphoric ester groups is 2. The number of allylic oxidation sites excluding steroid dienone is 4. The first-order valence-electron chi connectivity index (χ1n) is 39.3. The Morgan fingerprint density at radius 3 is 0.938 bits per heavy atom. The molecule has 0 amide bonds. The Morgan fingerprint density at radius 1 is 0.344 bits per heavy atom. The monoisotopic (exact) mass is 1410 g/mol. The highest BCUT2D eigenvalue weighted by atomic mass is 31.2. The molecule has 0 heterocycles. The van der Waals surface area contributed by atoms with Crippen LogP contribution in [0.4, 0.5) is 0 Å². The van der Waals surface area contributed by atoms with Crippen molar-refractivity contribution in [3.63, 3.8) is 0 Å². The lowest BCUT2D eigenvalue weighted by molar-refractivity contribution is -0.161. The second-order valence-electron chi connectivity index (χ2n) is 27.8. The molecule has 0 aromatic rings. The molecule has 0 radical (unpaired) electrons. The molecule has 0 saturated carbocycles. The van der Waals surface area contributed by atoms with E-state index in [9.17, 15) is 43.2 Å². The lowest BCUT2D eigenvalue weighted by Crippen LogP contribution is -2.30. The van der Waals surface area contributed by atoms with E-state index >= 15 is 0 Å². The van der Waals surface area contributed by atoms with Crippen LogP contribution in [0, 0.1) is 11.8 Å². The summed E-state index contributed by atoms with van der Waals surface area (Å²) in [7, 11) is -9.92. The smallest absolute Gasteiger partial charge is 0.462 e. The van der Waals surface area contributed by atoms with Crippen molar-refractivity contribution in [3.8, 4) is 0 Å². The van der Waals surface area contributed by atoms with Gasteiger partial charge in [0.05, 0.1) is 26.4 Å². The van der Waals surface area contributed by atoms with Crippen LogP contribution in [-0.4, -0.2) is 96.7 Å². The van der Waals surface area contributed by atoms with Crippen LogP contribution in [0.3, 0.4) is 0 Å². The fourth-order valence-electron chi connectivity index (χ4n) is 11.3. The Balaban J connectivity index is 5.17. The van der Waals surface area contributed by atoms with Crippen LogP contribution in [0.1, 0.15) is 375 Å². The molecule has 3 N–H and O–H groups in total. The number of aliphatic hydroxyl groups is 1. The average molecular weight is 1410 g/mol. The summed E-state index contributed by atoms with van der Waals surface area (Å²) in [5, 5.41) is 10.6. The number of ether oxygens (including phenoxy) is 4. The first-order chi connectivity index (χ1) is 46.4. The third kappa shape index (κ3) is 68.7. The van der Waals surface area contributed by atoms with Gasteiger partial charge in [0.15, 0.2) is 12.2 Å². The predicted octanol–water partition coefficient (Wildman–Crippen LogP) is 22.3. The Bertz CT molecular complexity index is 1950. The molecule has 566 valence electrons. The first kappa shape index (κ1) is 93.5. The third-order valence-corrected chi connectivity index (χ3v) is 19.6. The second-order valence-corrected chi connectivity index (χ2v) is 30.7. The summed E-state index contributed by atoms with van der Waals surface area (Å²) < 4.78 is 68.3. The van der Waals surface area contributed by atoms with Gasteiger partial charge in [-0.15, -0.1) is 0 Å². The number of hydrogen-bond donors (Lipinski definition) is 3. The zero-order chi connectivity index (χ0) is 70.7. The average Bonchev–Trinajstić information content (AvgIpc) is 1.21. The van der Waals surface area contributed by atoms with Crippen molar-refractivity contribution >= 4 is 39.5 Å². The number of rotatable bonds is 74. The largest absolute Gasteiger partial charge is 0.472 e. The molecule has 0 aliphatic heterocycles. The molecule has 0 aromatic carbocycles. The molecule has 0 aliphatic carbocycles. The van der Waals surface area contributed by atoms with Crippen LogP contribution in [0.15, 0.2) is 24.3 Å². The summed E-state index contributed by atoms with van der Waals surface area (Å²) in [6.45, 7) is 9.53. The SMILES string of the molecule is CCCCCC/C=C\C=C/CCCCCCCC(=O)O[C@H](COC(=O)CCCCCCC)COP(=O)(O)OC[C@H](O)COP(=O)(O)OC[C@@H](COC(=O)CCCCCCCCCCCCCCCCC(C)CC)OC(=O)CCCCCCCCCCCCCCCCCC(C)C. The van der Waals surface area contributed by atoms with Gasteiger partial charge in [-0.2, -0.15) is 0 Å². The summed E-state index contributed by atoms with van der Waals surface area (Å²) in [6.07, 6.45) is 59.4. The molecule has 0 saturated heterocycles. The lowest BCUT2D eigenvalue weighted by atomic mass is 9.99. The van der Waals surface area contributed by atoms with Crippen molar-refractivity contribution in [2.75, 3.05) is 39.6 Å². The van der Waals surface area contributed by atoms with E-state index in [2.05, 4.69) is 65.8 Å². The van der Waals surface area contributed by atoms with Crippen molar-refractivity contribution in [2.45, 2.75) is 394 Å². The van der Waals surface area contributed by atoms with E-state index in [1.54, 1.807) is 0 Å². The molecule has 0 fully saturated rings. The molecule has 0 aliphatic rings. The van der Waals surface area contributed by atoms with Crippen LogP contribution in [0.25, 0.3) is 0 Å². The fraction of sp³-hybridized carbons (Fsp3) is 0.896. The van der Waals surface area contributed by atoms with Gasteiger partial charge in [-0.3, -0.25) is 37.3 Å². The highest BCUT2D eigenvalue weighted by molar-refractivity contribution is 7.47. The molecule has 3 unspecified atom stereocenters. The number of carbonyl (C=O) groups excluding carboxylic acids is 4. The fourth-order valence-corrected chi connectivity index (χ4v) is 12.8. The molecule has 0 bridgehead atoms. The van der Waals surface area contributed by atoms with Crippen molar-refractivity contribution < 1.29 is 80.2 Å². The molecule has 0 spiro atoms. The van der Waals surface area contributed by atoms with Crippen LogP contribution >= 0.6 is 15.6 Å². The van der Waals surface area contributed by atoms with Crippen LogP contribution in [0.2, 0.25) is 0 Å². The number of aliphatic hydroxyl groups excluding tert-OH is 1. The number of carbonyl (C=O) groups is 4. The van der Waals surface area contributed by atoms with Gasteiger partial charge in [-0.05, 0) is 63.2 Å². The van der Waals surface area contributed by atoms with E-state index in [4.69, 9.17) is 37.0 Å². The zero-order valence-corrected chi connectivity index (χ0v) is 63.9. The van der Waals surface area contributed by atoms with Gasteiger partial charge in [-0.1, -0.05) is 323 Å². The predicted molar refractivity (Wildman–Crippen MR) is 391 cm³/mol. The number of phosphoric acid groups is 2. The van der Waals surface area contributed by atoms with E-state index in [0.29, 0.717) is 25.7 Å². The lowest BCUT2D eigenvalue weighted by Gasteiger charge is -2.21. The third-order valence-electron chi connectivity index (χ3n) is 17.7. The quantitative estimate of drug-likeness (QED) is 0.0169. The maximum Gasteiger partial charge on any atom is 0.472 e. The van der Waals surface area contributed by atoms with E-state index in [1.807, 2.05) is 0 Å². The van der Waals surface area contributed by atoms with Crippen molar-refractivity contribution in [1.29, 1.82) is 0 Å². The van der Waals surface area contributed by atoms with Gasteiger partial charge < -0.3 is 33.8 Å². The number of esters is 4. The molecular weight excluding hydrogens is 1260 g/mol. The van der Waals surface area contributed by atoms with Crippen molar-refractivity contribution in [1.82, 2.24) is 0 Å².